The Kier molecular flexibility index (Phi) is 5.95. The zero-order valence-corrected chi connectivity index (χ0v) is 11.2. The molecule has 0 unspecified atom stereocenters. The monoisotopic (exact) mass is 245 g/mol. The minimum atomic E-state index is -1.26. The van der Waals surface area contributed by atoms with Crippen LogP contribution in [0.15, 0.2) is 0 Å². The normalized spacial score (nSPS) is 11.7. The molecule has 6 nitrogen and oxygen atoms in total. The van der Waals surface area contributed by atoms with Crippen molar-refractivity contribution < 1.29 is 14.7 Å². The van der Waals surface area contributed by atoms with Gasteiger partial charge in [0.05, 0.1) is 0 Å². The first-order chi connectivity index (χ1) is 7.66. The van der Waals surface area contributed by atoms with E-state index in [-0.39, 0.29) is 0 Å². The fraction of sp³-hybridized carbons (Fsp3) is 0.818. The highest BCUT2D eigenvalue weighted by Gasteiger charge is 2.28. The largest absolute Gasteiger partial charge is 0.480 e. The molecule has 0 aromatic rings. The average molecular weight is 245 g/mol. The molecular formula is C11H23N3O3. The van der Waals surface area contributed by atoms with Crippen LogP contribution in [0.2, 0.25) is 0 Å². The Bertz CT molecular complexity index is 277. The third-order valence-electron chi connectivity index (χ3n) is 2.59. The van der Waals surface area contributed by atoms with E-state index in [4.69, 9.17) is 5.11 Å². The molecule has 0 spiro atoms. The summed E-state index contributed by atoms with van der Waals surface area (Å²) in [7, 11) is 1.96. The minimum Gasteiger partial charge on any atom is -0.480 e. The van der Waals surface area contributed by atoms with Gasteiger partial charge in [0.25, 0.3) is 0 Å². The molecule has 0 fully saturated rings. The summed E-state index contributed by atoms with van der Waals surface area (Å²) in [6.45, 7) is 8.21. The number of nitrogens with zero attached hydrogens (tertiary/aromatic N) is 1. The molecule has 0 aliphatic carbocycles. The molecule has 0 rings (SSSR count). The van der Waals surface area contributed by atoms with E-state index in [2.05, 4.69) is 29.4 Å². The van der Waals surface area contributed by atoms with Crippen molar-refractivity contribution in [3.8, 4) is 0 Å². The first-order valence-electron chi connectivity index (χ1n) is 5.66. The molecule has 3 N–H and O–H groups in total. The molecule has 0 heterocycles. The minimum absolute atomic E-state index is 0.412. The topological polar surface area (TPSA) is 81.7 Å². The molecule has 2 amide bonds. The van der Waals surface area contributed by atoms with E-state index in [1.54, 1.807) is 0 Å². The van der Waals surface area contributed by atoms with Crippen LogP contribution in [0.25, 0.3) is 0 Å². The van der Waals surface area contributed by atoms with Gasteiger partial charge in [-0.2, -0.15) is 0 Å². The number of nitrogens with one attached hydrogen (secondary N) is 2. The van der Waals surface area contributed by atoms with Crippen LogP contribution in [0.5, 0.6) is 0 Å². The van der Waals surface area contributed by atoms with Crippen molar-refractivity contribution in [3.05, 3.63) is 0 Å². The van der Waals surface area contributed by atoms with Crippen LogP contribution in [0.1, 0.15) is 27.7 Å². The van der Waals surface area contributed by atoms with Gasteiger partial charge in [0.2, 0.25) is 0 Å². The smallest absolute Gasteiger partial charge is 0.328 e. The molecule has 0 atom stereocenters. The number of carbonyl (C=O) groups excluding carboxylic acids is 1. The van der Waals surface area contributed by atoms with Crippen LogP contribution in [0.4, 0.5) is 4.79 Å². The van der Waals surface area contributed by atoms with Gasteiger partial charge >= 0.3 is 12.0 Å². The number of carboxylic acids is 1. The lowest BCUT2D eigenvalue weighted by atomic mass is 10.1. The number of likely N-dealkylation sites (N-methyl/N-ethyl adjacent to an activating group) is 1. The Balaban J connectivity index is 3.93. The summed E-state index contributed by atoms with van der Waals surface area (Å²) in [5.74, 6) is -1.06. The summed E-state index contributed by atoms with van der Waals surface area (Å²) >= 11 is 0. The number of hydrogen-bond acceptors (Lipinski definition) is 3. The van der Waals surface area contributed by atoms with Crippen molar-refractivity contribution in [2.24, 2.45) is 0 Å². The second-order valence-electron chi connectivity index (χ2n) is 4.89. The summed E-state index contributed by atoms with van der Waals surface area (Å²) in [5.41, 5.74) is -1.26. The summed E-state index contributed by atoms with van der Waals surface area (Å²) in [6, 6.07) is -0.0510. The predicted octanol–water partition coefficient (Wildman–Crippen LogP) is 0.489. The van der Waals surface area contributed by atoms with Crippen molar-refractivity contribution >= 4 is 12.0 Å². The van der Waals surface area contributed by atoms with Crippen LogP contribution in [-0.2, 0) is 4.79 Å². The number of hydrogen-bond donors (Lipinski definition) is 3. The van der Waals surface area contributed by atoms with Gasteiger partial charge in [-0.25, -0.2) is 9.59 Å². The van der Waals surface area contributed by atoms with Crippen LogP contribution in [0.3, 0.4) is 0 Å². The zero-order valence-electron chi connectivity index (χ0n) is 11.2. The number of urea groups is 1. The third kappa shape index (κ3) is 6.11. The number of carboxylic acid groups (broad SMARTS) is 1. The second kappa shape index (κ2) is 6.44. The highest BCUT2D eigenvalue weighted by Crippen LogP contribution is 2.00. The van der Waals surface area contributed by atoms with Gasteiger partial charge in [0.15, 0.2) is 0 Å². The molecule has 0 aromatic carbocycles. The van der Waals surface area contributed by atoms with Crippen LogP contribution in [-0.4, -0.2) is 53.7 Å². The number of aliphatic carboxylic acids is 1. The zero-order chi connectivity index (χ0) is 13.6. The molecule has 100 valence electrons. The maximum atomic E-state index is 11.4. The van der Waals surface area contributed by atoms with Gasteiger partial charge < -0.3 is 20.6 Å². The average Bonchev–Trinajstić information content (AvgIpc) is 2.16. The molecule has 0 bridgehead atoms. The van der Waals surface area contributed by atoms with Crippen molar-refractivity contribution in [2.45, 2.75) is 39.3 Å². The van der Waals surface area contributed by atoms with Gasteiger partial charge in [-0.15, -0.1) is 0 Å². The lowest BCUT2D eigenvalue weighted by Crippen LogP contribution is -2.53. The van der Waals surface area contributed by atoms with Gasteiger partial charge in [-0.05, 0) is 34.7 Å². The Morgan fingerprint density at radius 3 is 2.29 bits per heavy atom. The van der Waals surface area contributed by atoms with E-state index in [1.807, 2.05) is 7.05 Å². The Hall–Kier alpha value is -1.30. The molecule has 0 aliphatic rings. The van der Waals surface area contributed by atoms with Crippen LogP contribution in [0, 0.1) is 0 Å². The lowest BCUT2D eigenvalue weighted by Gasteiger charge is -2.23. The number of amides is 2. The number of carbonyl (C=O) groups is 2. The van der Waals surface area contributed by atoms with Gasteiger partial charge in [0.1, 0.15) is 5.54 Å². The molecule has 0 aromatic heterocycles. The van der Waals surface area contributed by atoms with Crippen molar-refractivity contribution in [1.82, 2.24) is 15.5 Å². The van der Waals surface area contributed by atoms with Crippen molar-refractivity contribution in [3.63, 3.8) is 0 Å². The van der Waals surface area contributed by atoms with Gasteiger partial charge in [-0.3, -0.25) is 0 Å². The van der Waals surface area contributed by atoms with E-state index in [1.165, 1.54) is 13.8 Å². The molecule has 0 aliphatic heterocycles. The van der Waals surface area contributed by atoms with E-state index >= 15 is 0 Å². The first kappa shape index (κ1) is 15.7. The summed E-state index contributed by atoms with van der Waals surface area (Å²) < 4.78 is 0. The summed E-state index contributed by atoms with van der Waals surface area (Å²) in [4.78, 5) is 24.3. The van der Waals surface area contributed by atoms with E-state index < -0.39 is 17.5 Å². The molecular weight excluding hydrogens is 222 g/mol. The quantitative estimate of drug-likeness (QED) is 0.636. The van der Waals surface area contributed by atoms with Crippen molar-refractivity contribution in [2.75, 3.05) is 20.1 Å². The maximum Gasteiger partial charge on any atom is 0.328 e. The van der Waals surface area contributed by atoms with Crippen LogP contribution >= 0.6 is 0 Å². The molecule has 17 heavy (non-hydrogen) atoms. The Morgan fingerprint density at radius 1 is 1.35 bits per heavy atom. The summed E-state index contributed by atoms with van der Waals surface area (Å²) in [6.07, 6.45) is 0. The van der Waals surface area contributed by atoms with E-state index in [9.17, 15) is 9.59 Å². The van der Waals surface area contributed by atoms with Crippen LogP contribution < -0.4 is 10.6 Å². The van der Waals surface area contributed by atoms with Gasteiger partial charge in [0, 0.05) is 19.1 Å². The molecule has 0 saturated heterocycles. The fourth-order valence-electron chi connectivity index (χ4n) is 0.985. The standard InChI is InChI=1S/C11H23N3O3/c1-8(2)14(5)7-6-12-10(17)13-11(3,4)9(15)16/h8H,6-7H2,1-5H3,(H,15,16)(H2,12,13,17). The second-order valence-corrected chi connectivity index (χ2v) is 4.89. The Morgan fingerprint density at radius 2 is 1.88 bits per heavy atom. The molecule has 0 saturated carbocycles. The number of rotatable bonds is 6. The van der Waals surface area contributed by atoms with E-state index in [0.29, 0.717) is 12.6 Å². The first-order valence-corrected chi connectivity index (χ1v) is 5.66. The van der Waals surface area contributed by atoms with Crippen molar-refractivity contribution in [1.29, 1.82) is 0 Å². The maximum absolute atomic E-state index is 11.4. The van der Waals surface area contributed by atoms with Gasteiger partial charge in [-0.1, -0.05) is 0 Å². The highest BCUT2D eigenvalue weighted by molar-refractivity contribution is 5.85. The lowest BCUT2D eigenvalue weighted by molar-refractivity contribution is -0.142. The molecule has 6 heteroatoms. The highest BCUT2D eigenvalue weighted by atomic mass is 16.4. The SMILES string of the molecule is CC(C)N(C)CCNC(=O)NC(C)(C)C(=O)O. The molecule has 0 radical (unpaired) electrons. The fourth-order valence-corrected chi connectivity index (χ4v) is 0.985. The summed E-state index contributed by atoms with van der Waals surface area (Å²) in [5, 5.41) is 13.8. The predicted molar refractivity (Wildman–Crippen MR) is 66.0 cm³/mol. The third-order valence-corrected chi connectivity index (χ3v) is 2.59. The van der Waals surface area contributed by atoms with E-state index in [0.717, 1.165) is 6.54 Å². The Labute approximate surface area is 102 Å².